The molecule has 0 amide bonds. The Morgan fingerprint density at radius 3 is 1.96 bits per heavy atom. The van der Waals surface area contributed by atoms with Crippen molar-refractivity contribution >= 4 is 17.4 Å². The van der Waals surface area contributed by atoms with Gasteiger partial charge in [-0.05, 0) is 50.1 Å². The Kier molecular flexibility index (Phi) is 10.4. The average Bonchev–Trinajstić information content (AvgIpc) is 2.70. The Morgan fingerprint density at radius 2 is 1.54 bits per heavy atom. The molecule has 6 nitrogen and oxygen atoms in total. The number of rotatable bonds is 1. The van der Waals surface area contributed by atoms with Gasteiger partial charge in [-0.25, -0.2) is 9.97 Å². The molecule has 26 heavy (non-hydrogen) atoms. The van der Waals surface area contributed by atoms with Crippen LogP contribution in [0.25, 0.3) is 0 Å². The minimum absolute atomic E-state index is 0.411. The lowest BCUT2D eigenvalue weighted by Gasteiger charge is -2.27. The zero-order valence-corrected chi connectivity index (χ0v) is 15.7. The van der Waals surface area contributed by atoms with Crippen LogP contribution in [0.1, 0.15) is 37.3 Å². The van der Waals surface area contributed by atoms with Gasteiger partial charge in [-0.3, -0.25) is 0 Å². The summed E-state index contributed by atoms with van der Waals surface area (Å²) in [5, 5.41) is 17.3. The summed E-state index contributed by atoms with van der Waals surface area (Å²) in [5.41, 5.74) is 6.00. The lowest BCUT2D eigenvalue weighted by molar-refractivity contribution is 0.573. The van der Waals surface area contributed by atoms with Gasteiger partial charge in [0.25, 0.3) is 0 Å². The van der Waals surface area contributed by atoms with Gasteiger partial charge in [0, 0.05) is 25.5 Å². The van der Waals surface area contributed by atoms with Gasteiger partial charge in [0.2, 0.25) is 0 Å². The van der Waals surface area contributed by atoms with Crippen LogP contribution in [-0.4, -0.2) is 29.6 Å². The molecule has 0 spiro atoms. The number of piperidine rings is 1. The number of nitrogens with zero attached hydrogens (tertiary/aromatic N) is 5. The first-order valence-electron chi connectivity index (χ1n) is 8.47. The van der Waals surface area contributed by atoms with Crippen LogP contribution in [0.2, 0.25) is 5.15 Å². The highest BCUT2D eigenvalue weighted by Crippen LogP contribution is 2.17. The molecule has 0 unspecified atom stereocenters. The highest BCUT2D eigenvalue weighted by Gasteiger charge is 2.11. The van der Waals surface area contributed by atoms with Crippen molar-refractivity contribution in [2.45, 2.75) is 26.2 Å². The Balaban J connectivity index is 0.000000243. The molecule has 2 N–H and O–H groups in total. The van der Waals surface area contributed by atoms with Gasteiger partial charge in [-0.1, -0.05) is 18.5 Å². The Bertz CT molecular complexity index is 710. The Morgan fingerprint density at radius 1 is 1.00 bits per heavy atom. The molecular formula is C19H23ClN6. The van der Waals surface area contributed by atoms with E-state index in [0.717, 1.165) is 25.5 Å². The summed E-state index contributed by atoms with van der Waals surface area (Å²) < 4.78 is 0. The smallest absolute Gasteiger partial charge is 0.129 e. The summed E-state index contributed by atoms with van der Waals surface area (Å²) in [6, 6.07) is 11.0. The summed E-state index contributed by atoms with van der Waals surface area (Å²) in [7, 11) is 0. The molecule has 2 aromatic rings. The van der Waals surface area contributed by atoms with E-state index in [9.17, 15) is 0 Å². The molecule has 0 aromatic carbocycles. The topological polar surface area (TPSA) is 103 Å². The summed E-state index contributed by atoms with van der Waals surface area (Å²) in [6.07, 6.45) is 6.91. The zero-order chi connectivity index (χ0) is 19.2. The van der Waals surface area contributed by atoms with Crippen LogP contribution >= 0.6 is 11.6 Å². The van der Waals surface area contributed by atoms with Crippen molar-refractivity contribution in [1.82, 2.24) is 9.97 Å². The third-order valence-corrected chi connectivity index (χ3v) is 3.64. The fourth-order valence-electron chi connectivity index (χ4n) is 2.20. The van der Waals surface area contributed by atoms with E-state index in [1.807, 2.05) is 25.1 Å². The second-order valence-electron chi connectivity index (χ2n) is 5.45. The minimum Gasteiger partial charge on any atom is -0.357 e. The SMILES string of the molecule is CCN.N#Cc1ccc(Cl)nc1.N#Cc1ccc(N2CCCCC2)nc1. The van der Waals surface area contributed by atoms with Crippen LogP contribution in [0.15, 0.2) is 36.7 Å². The van der Waals surface area contributed by atoms with Crippen molar-refractivity contribution in [1.29, 1.82) is 10.5 Å². The predicted molar refractivity (Wildman–Crippen MR) is 104 cm³/mol. The van der Waals surface area contributed by atoms with E-state index in [4.69, 9.17) is 27.9 Å². The molecule has 0 radical (unpaired) electrons. The molecule has 7 heteroatoms. The largest absolute Gasteiger partial charge is 0.357 e. The third kappa shape index (κ3) is 7.94. The van der Waals surface area contributed by atoms with Crippen LogP contribution in [-0.2, 0) is 0 Å². The van der Waals surface area contributed by atoms with Crippen LogP contribution in [0.5, 0.6) is 0 Å². The fourth-order valence-corrected chi connectivity index (χ4v) is 2.32. The van der Waals surface area contributed by atoms with E-state index in [2.05, 4.69) is 20.9 Å². The molecule has 2 aromatic heterocycles. The van der Waals surface area contributed by atoms with Gasteiger partial charge in [-0.2, -0.15) is 10.5 Å². The maximum atomic E-state index is 8.64. The van der Waals surface area contributed by atoms with E-state index in [0.29, 0.717) is 16.3 Å². The second kappa shape index (κ2) is 12.7. The summed E-state index contributed by atoms with van der Waals surface area (Å²) >= 11 is 5.45. The van der Waals surface area contributed by atoms with Crippen molar-refractivity contribution in [2.24, 2.45) is 5.73 Å². The van der Waals surface area contributed by atoms with Gasteiger partial charge < -0.3 is 10.6 Å². The van der Waals surface area contributed by atoms with Gasteiger partial charge >= 0.3 is 0 Å². The van der Waals surface area contributed by atoms with E-state index < -0.39 is 0 Å². The van der Waals surface area contributed by atoms with Crippen LogP contribution in [0.4, 0.5) is 5.82 Å². The van der Waals surface area contributed by atoms with Crippen LogP contribution in [0, 0.1) is 22.7 Å². The van der Waals surface area contributed by atoms with Crippen molar-refractivity contribution < 1.29 is 0 Å². The molecule has 1 fully saturated rings. The molecule has 1 saturated heterocycles. The maximum Gasteiger partial charge on any atom is 0.129 e. The number of nitriles is 2. The molecule has 136 valence electrons. The van der Waals surface area contributed by atoms with E-state index >= 15 is 0 Å². The predicted octanol–water partition coefficient (Wildman–Crippen LogP) is 3.52. The number of hydrogen-bond acceptors (Lipinski definition) is 6. The number of nitrogens with two attached hydrogens (primary N) is 1. The normalized spacial score (nSPS) is 12.4. The van der Waals surface area contributed by atoms with Crippen LogP contribution in [0.3, 0.4) is 0 Å². The molecule has 1 aliphatic heterocycles. The molecule has 0 bridgehead atoms. The first-order chi connectivity index (χ1) is 12.6. The number of anilines is 1. The second-order valence-corrected chi connectivity index (χ2v) is 5.84. The van der Waals surface area contributed by atoms with Gasteiger partial charge in [0.1, 0.15) is 23.1 Å². The Labute approximate surface area is 159 Å². The standard InChI is InChI=1S/C11H13N3.C6H3ClN2.C2H7N/c12-8-10-4-5-11(13-9-10)14-6-2-1-3-7-14;7-6-2-1-5(3-8)4-9-6;1-2-3/h4-5,9H,1-3,6-7H2;1-2,4H;2-3H2,1H3. The first-order valence-corrected chi connectivity index (χ1v) is 8.85. The molecule has 1 aliphatic rings. The maximum absolute atomic E-state index is 8.64. The van der Waals surface area contributed by atoms with E-state index in [1.165, 1.54) is 25.5 Å². The number of aromatic nitrogens is 2. The van der Waals surface area contributed by atoms with Gasteiger partial charge in [-0.15, -0.1) is 0 Å². The zero-order valence-electron chi connectivity index (χ0n) is 14.9. The molecule has 0 atom stereocenters. The lowest BCUT2D eigenvalue weighted by Crippen LogP contribution is -2.29. The average molecular weight is 371 g/mol. The van der Waals surface area contributed by atoms with Crippen molar-refractivity contribution in [2.75, 3.05) is 24.5 Å². The Hall–Kier alpha value is -2.67. The number of pyridine rings is 2. The quantitative estimate of drug-likeness (QED) is 0.770. The van der Waals surface area contributed by atoms with Crippen LogP contribution < -0.4 is 10.6 Å². The fraction of sp³-hybridized carbons (Fsp3) is 0.368. The molecule has 0 aliphatic carbocycles. The van der Waals surface area contributed by atoms with E-state index in [1.54, 1.807) is 18.3 Å². The van der Waals surface area contributed by atoms with Crippen molar-refractivity contribution in [3.05, 3.63) is 52.9 Å². The van der Waals surface area contributed by atoms with Crippen molar-refractivity contribution in [3.63, 3.8) is 0 Å². The lowest BCUT2D eigenvalue weighted by atomic mass is 10.1. The van der Waals surface area contributed by atoms with Gasteiger partial charge in [0.15, 0.2) is 0 Å². The minimum atomic E-state index is 0.411. The number of halogens is 1. The monoisotopic (exact) mass is 370 g/mol. The first kappa shape index (κ1) is 21.4. The molecule has 0 saturated carbocycles. The molecular weight excluding hydrogens is 348 g/mol. The number of hydrogen-bond donors (Lipinski definition) is 1. The summed E-state index contributed by atoms with van der Waals surface area (Å²) in [4.78, 5) is 10.3. The highest BCUT2D eigenvalue weighted by molar-refractivity contribution is 6.29. The summed E-state index contributed by atoms with van der Waals surface area (Å²) in [5.74, 6) is 1.00. The highest BCUT2D eigenvalue weighted by atomic mass is 35.5. The third-order valence-electron chi connectivity index (χ3n) is 3.41. The van der Waals surface area contributed by atoms with Crippen molar-refractivity contribution in [3.8, 4) is 12.1 Å². The molecule has 3 rings (SSSR count). The summed E-state index contributed by atoms with van der Waals surface area (Å²) in [6.45, 7) is 4.85. The van der Waals surface area contributed by atoms with Gasteiger partial charge in [0.05, 0.1) is 11.1 Å². The molecule has 3 heterocycles. The van der Waals surface area contributed by atoms with E-state index in [-0.39, 0.29) is 0 Å².